The van der Waals surface area contributed by atoms with Crippen LogP contribution in [0, 0.1) is 5.41 Å². The van der Waals surface area contributed by atoms with E-state index in [1.54, 1.807) is 0 Å². The maximum Gasteiger partial charge on any atom is 0.319 e. The maximum atomic E-state index is 12.1. The second-order valence-corrected chi connectivity index (χ2v) is 3.05. The van der Waals surface area contributed by atoms with E-state index < -0.39 is 23.8 Å². The van der Waals surface area contributed by atoms with Crippen molar-refractivity contribution in [3.05, 3.63) is 0 Å². The number of carbonyl (C=O) groups excluding carboxylic acids is 1. The van der Waals surface area contributed by atoms with Crippen molar-refractivity contribution < 1.29 is 23.8 Å². The first-order chi connectivity index (χ1) is 6.13. The summed E-state index contributed by atoms with van der Waals surface area (Å²) in [5, 5.41) is 8.82. The minimum atomic E-state index is -1.63. The van der Waals surface area contributed by atoms with Crippen LogP contribution in [-0.2, 0) is 14.3 Å². The minimum Gasteiger partial charge on any atom is -0.480 e. The van der Waals surface area contributed by atoms with Gasteiger partial charge in [0.15, 0.2) is 11.2 Å². The highest BCUT2D eigenvalue weighted by Gasteiger charge is 2.47. The Labute approximate surface area is 74.7 Å². The lowest BCUT2D eigenvalue weighted by Gasteiger charge is -2.30. The molecule has 1 aliphatic rings. The fourth-order valence-electron chi connectivity index (χ4n) is 1.39. The summed E-state index contributed by atoms with van der Waals surface area (Å²) in [5.41, 5.74) is -1.63. The molecule has 0 saturated carbocycles. The molecule has 1 rings (SSSR count). The van der Waals surface area contributed by atoms with Gasteiger partial charge < -0.3 is 9.84 Å². The normalized spacial score (nSPS) is 28.8. The summed E-state index contributed by atoms with van der Waals surface area (Å²) >= 11 is 0. The van der Waals surface area contributed by atoms with Gasteiger partial charge in [-0.3, -0.25) is 14.0 Å². The number of Topliss-reactive ketones (excluding diaryl/α,β-unsaturated/α-hetero) is 1. The molecule has 0 aromatic heterocycles. The second-order valence-electron chi connectivity index (χ2n) is 3.05. The van der Waals surface area contributed by atoms with Crippen molar-refractivity contribution in [2.75, 3.05) is 19.9 Å². The first-order valence-corrected chi connectivity index (χ1v) is 4.04. The summed E-state index contributed by atoms with van der Waals surface area (Å²) in [6.07, 6.45) is -0.229. The van der Waals surface area contributed by atoms with E-state index in [-0.39, 0.29) is 26.1 Å². The highest BCUT2D eigenvalue weighted by molar-refractivity contribution is 6.03. The molecule has 1 N–H and O–H groups in total. The van der Waals surface area contributed by atoms with Gasteiger partial charge in [-0.2, -0.15) is 0 Å². The molecule has 1 heterocycles. The van der Waals surface area contributed by atoms with Crippen LogP contribution < -0.4 is 0 Å². The molecule has 0 spiro atoms. The summed E-state index contributed by atoms with van der Waals surface area (Å²) in [6, 6.07) is 0. The van der Waals surface area contributed by atoms with Gasteiger partial charge in [-0.15, -0.1) is 0 Å². The molecule has 0 aromatic rings. The smallest absolute Gasteiger partial charge is 0.319 e. The zero-order chi connectivity index (χ0) is 9.90. The lowest BCUT2D eigenvalue weighted by molar-refractivity contribution is -0.165. The topological polar surface area (TPSA) is 63.6 Å². The first-order valence-electron chi connectivity index (χ1n) is 4.04. The predicted molar refractivity (Wildman–Crippen MR) is 41.1 cm³/mol. The molecule has 1 fully saturated rings. The summed E-state index contributed by atoms with van der Waals surface area (Å²) in [5.74, 6) is -1.71. The quantitative estimate of drug-likeness (QED) is 0.654. The summed E-state index contributed by atoms with van der Waals surface area (Å²) in [7, 11) is 0. The second kappa shape index (κ2) is 3.83. The Bertz CT molecular complexity index is 224. The van der Waals surface area contributed by atoms with E-state index in [0.29, 0.717) is 0 Å². The molecule has 13 heavy (non-hydrogen) atoms. The third-order valence-electron chi connectivity index (χ3n) is 2.29. The van der Waals surface area contributed by atoms with E-state index in [9.17, 15) is 14.0 Å². The average molecular weight is 190 g/mol. The number of ether oxygens (including phenoxy) is 1. The van der Waals surface area contributed by atoms with E-state index >= 15 is 0 Å². The number of hydrogen-bond donors (Lipinski definition) is 1. The Kier molecular flexibility index (Phi) is 2.98. The number of alkyl halides is 1. The molecule has 4 nitrogen and oxygen atoms in total. The van der Waals surface area contributed by atoms with Gasteiger partial charge >= 0.3 is 5.97 Å². The molecule has 1 saturated heterocycles. The standard InChI is InChI=1S/C8H11FO4/c9-3-2-8(7(11)12)5-13-4-1-6(8)10/h1-5H2,(H,11,12). The maximum absolute atomic E-state index is 12.1. The van der Waals surface area contributed by atoms with Gasteiger partial charge in [0.25, 0.3) is 0 Å². The zero-order valence-corrected chi connectivity index (χ0v) is 7.09. The molecule has 0 radical (unpaired) electrons. The van der Waals surface area contributed by atoms with Crippen LogP contribution in [0.1, 0.15) is 12.8 Å². The van der Waals surface area contributed by atoms with Crippen molar-refractivity contribution in [3.63, 3.8) is 0 Å². The highest BCUT2D eigenvalue weighted by atomic mass is 19.1. The van der Waals surface area contributed by atoms with E-state index in [1.807, 2.05) is 0 Å². The molecule has 0 bridgehead atoms. The van der Waals surface area contributed by atoms with E-state index in [4.69, 9.17) is 9.84 Å². The monoisotopic (exact) mass is 190 g/mol. The number of hydrogen-bond acceptors (Lipinski definition) is 3. The summed E-state index contributed by atoms with van der Waals surface area (Å²) < 4.78 is 17.0. The zero-order valence-electron chi connectivity index (χ0n) is 7.09. The number of aliphatic carboxylic acids is 1. The molecular formula is C8H11FO4. The van der Waals surface area contributed by atoms with Crippen LogP contribution >= 0.6 is 0 Å². The fourth-order valence-corrected chi connectivity index (χ4v) is 1.39. The summed E-state index contributed by atoms with van der Waals surface area (Å²) in [6.45, 7) is -0.785. The Morgan fingerprint density at radius 1 is 1.69 bits per heavy atom. The van der Waals surface area contributed by atoms with Gasteiger partial charge in [0.2, 0.25) is 0 Å². The van der Waals surface area contributed by atoms with E-state index in [0.717, 1.165) is 0 Å². The van der Waals surface area contributed by atoms with Crippen LogP contribution in [-0.4, -0.2) is 36.7 Å². The van der Waals surface area contributed by atoms with Gasteiger partial charge in [-0.05, 0) is 0 Å². The van der Waals surface area contributed by atoms with Crippen LogP contribution in [0.25, 0.3) is 0 Å². The number of carboxylic acid groups (broad SMARTS) is 1. The van der Waals surface area contributed by atoms with Crippen molar-refractivity contribution in [2.45, 2.75) is 12.8 Å². The van der Waals surface area contributed by atoms with Gasteiger partial charge in [-0.25, -0.2) is 0 Å². The molecule has 1 unspecified atom stereocenters. The molecule has 74 valence electrons. The fraction of sp³-hybridized carbons (Fsp3) is 0.750. The summed E-state index contributed by atoms with van der Waals surface area (Å²) in [4.78, 5) is 22.1. The SMILES string of the molecule is O=C(O)C1(CCF)COCCC1=O. The van der Waals surface area contributed by atoms with Crippen LogP contribution in [0.5, 0.6) is 0 Å². The van der Waals surface area contributed by atoms with Crippen molar-refractivity contribution in [3.8, 4) is 0 Å². The van der Waals surface area contributed by atoms with Crippen molar-refractivity contribution in [1.82, 2.24) is 0 Å². The Morgan fingerprint density at radius 2 is 2.38 bits per heavy atom. The molecule has 1 aliphatic heterocycles. The molecule has 0 aromatic carbocycles. The first kappa shape index (κ1) is 10.1. The van der Waals surface area contributed by atoms with Crippen LogP contribution in [0.3, 0.4) is 0 Å². The van der Waals surface area contributed by atoms with Gasteiger partial charge in [-0.1, -0.05) is 0 Å². The molecule has 1 atom stereocenters. The van der Waals surface area contributed by atoms with Gasteiger partial charge in [0.05, 0.1) is 19.9 Å². The van der Waals surface area contributed by atoms with Gasteiger partial charge in [0.1, 0.15) is 0 Å². The van der Waals surface area contributed by atoms with Crippen LogP contribution in [0.4, 0.5) is 4.39 Å². The van der Waals surface area contributed by atoms with Crippen molar-refractivity contribution in [2.24, 2.45) is 5.41 Å². The molecule has 0 amide bonds. The van der Waals surface area contributed by atoms with E-state index in [2.05, 4.69) is 0 Å². The lowest BCUT2D eigenvalue weighted by atomic mass is 9.79. The Morgan fingerprint density at radius 3 is 2.85 bits per heavy atom. The van der Waals surface area contributed by atoms with Crippen LogP contribution in [0.15, 0.2) is 0 Å². The molecular weight excluding hydrogens is 179 g/mol. The van der Waals surface area contributed by atoms with Gasteiger partial charge in [0, 0.05) is 12.8 Å². The number of halogens is 1. The van der Waals surface area contributed by atoms with E-state index in [1.165, 1.54) is 0 Å². The van der Waals surface area contributed by atoms with Crippen molar-refractivity contribution in [1.29, 1.82) is 0 Å². The highest BCUT2D eigenvalue weighted by Crippen LogP contribution is 2.29. The largest absolute Gasteiger partial charge is 0.480 e. The molecule has 0 aliphatic carbocycles. The third kappa shape index (κ3) is 1.70. The predicted octanol–water partition coefficient (Wildman–Crippen LogP) is 0.406. The Hall–Kier alpha value is -0.970. The Balaban J connectivity index is 2.86. The lowest BCUT2D eigenvalue weighted by Crippen LogP contribution is -2.47. The third-order valence-corrected chi connectivity index (χ3v) is 2.29. The number of carbonyl (C=O) groups is 2. The number of carboxylic acids is 1. The minimum absolute atomic E-state index is 0.0618. The molecule has 5 heteroatoms. The van der Waals surface area contributed by atoms with Crippen molar-refractivity contribution >= 4 is 11.8 Å². The number of ketones is 1. The number of rotatable bonds is 3. The van der Waals surface area contributed by atoms with Crippen LogP contribution in [0.2, 0.25) is 0 Å². The average Bonchev–Trinajstić information content (AvgIpc) is 2.09.